The Morgan fingerprint density at radius 3 is 2.00 bits per heavy atom. The minimum absolute atomic E-state index is 0.00451. The zero-order valence-corrected chi connectivity index (χ0v) is 17.6. The molecule has 27 heavy (non-hydrogen) atoms. The number of piperidine rings is 2. The molecule has 0 saturated carbocycles. The lowest BCUT2D eigenvalue weighted by Crippen LogP contribution is -2.45. The molecule has 6 heteroatoms. The maximum absolute atomic E-state index is 13.0. The second kappa shape index (κ2) is 7.92. The molecule has 2 fully saturated rings. The molecule has 2 aliphatic rings. The molecule has 2 heterocycles. The summed E-state index contributed by atoms with van der Waals surface area (Å²) in [6, 6.07) is 7.22. The first-order valence-corrected chi connectivity index (χ1v) is 11.5. The van der Waals surface area contributed by atoms with E-state index in [0.717, 1.165) is 31.5 Å². The molecular formula is C21H32N2O3S. The number of hydrogen-bond acceptors (Lipinski definition) is 3. The topological polar surface area (TPSA) is 57.7 Å². The number of hydrogen-bond donors (Lipinski definition) is 0. The zero-order valence-electron chi connectivity index (χ0n) is 16.8. The Kier molecular flexibility index (Phi) is 5.96. The van der Waals surface area contributed by atoms with E-state index in [1.54, 1.807) is 16.4 Å². The fourth-order valence-electron chi connectivity index (χ4n) is 3.99. The van der Waals surface area contributed by atoms with E-state index in [2.05, 4.69) is 20.8 Å². The second-order valence-electron chi connectivity index (χ2n) is 8.84. The van der Waals surface area contributed by atoms with Crippen molar-refractivity contribution in [2.75, 3.05) is 26.2 Å². The lowest BCUT2D eigenvalue weighted by atomic mass is 9.87. The molecule has 0 spiro atoms. The van der Waals surface area contributed by atoms with Crippen LogP contribution in [0.2, 0.25) is 0 Å². The van der Waals surface area contributed by atoms with E-state index in [9.17, 15) is 13.2 Å². The van der Waals surface area contributed by atoms with Crippen LogP contribution in [0.25, 0.3) is 0 Å². The van der Waals surface area contributed by atoms with Crippen LogP contribution in [0.5, 0.6) is 0 Å². The van der Waals surface area contributed by atoms with Crippen LogP contribution in [-0.4, -0.2) is 49.7 Å². The van der Waals surface area contributed by atoms with Gasteiger partial charge in [-0.1, -0.05) is 32.9 Å². The van der Waals surface area contributed by atoms with E-state index in [1.807, 2.05) is 17.0 Å². The Hall–Kier alpha value is -1.40. The first kappa shape index (κ1) is 20.3. The summed E-state index contributed by atoms with van der Waals surface area (Å²) in [6.07, 6.45) is 4.62. The summed E-state index contributed by atoms with van der Waals surface area (Å²) in [5.41, 5.74) is 1.11. The molecule has 1 aromatic rings. The van der Waals surface area contributed by atoms with E-state index in [1.165, 1.54) is 6.42 Å². The quantitative estimate of drug-likeness (QED) is 0.792. The standard InChI is InChI=1S/C21H32N2O3S/c1-21(2,3)18-7-9-19(10-8-18)27(25,26)23-15-11-17(12-16-23)20(24)22-13-5-4-6-14-22/h7-10,17H,4-6,11-16H2,1-3H3. The average Bonchev–Trinajstić information content (AvgIpc) is 2.67. The summed E-state index contributed by atoms with van der Waals surface area (Å²) in [5.74, 6) is 0.194. The molecule has 0 radical (unpaired) electrons. The van der Waals surface area contributed by atoms with Gasteiger partial charge in [-0.2, -0.15) is 4.31 Å². The number of carbonyl (C=O) groups excluding carboxylic acids is 1. The van der Waals surface area contributed by atoms with Crippen LogP contribution in [0.15, 0.2) is 29.2 Å². The molecule has 150 valence electrons. The molecule has 2 saturated heterocycles. The van der Waals surface area contributed by atoms with Crippen molar-refractivity contribution in [3.63, 3.8) is 0 Å². The van der Waals surface area contributed by atoms with Crippen LogP contribution >= 0.6 is 0 Å². The van der Waals surface area contributed by atoms with Gasteiger partial charge < -0.3 is 4.90 Å². The highest BCUT2D eigenvalue weighted by molar-refractivity contribution is 7.89. The summed E-state index contributed by atoms with van der Waals surface area (Å²) in [4.78, 5) is 15.0. The second-order valence-corrected chi connectivity index (χ2v) is 10.8. The predicted molar refractivity (Wildman–Crippen MR) is 107 cm³/mol. The highest BCUT2D eigenvalue weighted by atomic mass is 32.2. The van der Waals surface area contributed by atoms with Crippen molar-refractivity contribution in [3.05, 3.63) is 29.8 Å². The Morgan fingerprint density at radius 1 is 0.926 bits per heavy atom. The Labute approximate surface area is 163 Å². The molecule has 1 amide bonds. The minimum Gasteiger partial charge on any atom is -0.342 e. The van der Waals surface area contributed by atoms with E-state index in [0.29, 0.717) is 30.8 Å². The fraction of sp³-hybridized carbons (Fsp3) is 0.667. The van der Waals surface area contributed by atoms with Gasteiger partial charge in [-0.3, -0.25) is 4.79 Å². The Bertz CT molecular complexity index is 752. The molecule has 5 nitrogen and oxygen atoms in total. The van der Waals surface area contributed by atoms with Gasteiger partial charge in [0.1, 0.15) is 0 Å². The molecule has 1 aromatic carbocycles. The fourth-order valence-corrected chi connectivity index (χ4v) is 5.46. The summed E-state index contributed by atoms with van der Waals surface area (Å²) < 4.78 is 27.5. The third-order valence-corrected chi connectivity index (χ3v) is 7.74. The van der Waals surface area contributed by atoms with Crippen molar-refractivity contribution >= 4 is 15.9 Å². The van der Waals surface area contributed by atoms with Gasteiger partial charge in [-0.15, -0.1) is 0 Å². The lowest BCUT2D eigenvalue weighted by molar-refractivity contribution is -0.137. The summed E-state index contributed by atoms with van der Waals surface area (Å²) in [7, 11) is -3.49. The number of likely N-dealkylation sites (tertiary alicyclic amines) is 1. The smallest absolute Gasteiger partial charge is 0.243 e. The molecular weight excluding hydrogens is 360 g/mol. The van der Waals surface area contributed by atoms with Crippen molar-refractivity contribution in [2.45, 2.75) is 63.2 Å². The normalized spacial score (nSPS) is 20.6. The number of rotatable bonds is 3. The summed E-state index contributed by atoms with van der Waals surface area (Å²) in [5, 5.41) is 0. The summed E-state index contributed by atoms with van der Waals surface area (Å²) in [6.45, 7) is 8.90. The number of amides is 1. The molecule has 0 atom stereocenters. The molecule has 2 aliphatic heterocycles. The minimum atomic E-state index is -3.49. The van der Waals surface area contributed by atoms with E-state index >= 15 is 0 Å². The van der Waals surface area contributed by atoms with Crippen molar-refractivity contribution in [1.29, 1.82) is 0 Å². The van der Waals surface area contributed by atoms with Crippen LogP contribution in [0.3, 0.4) is 0 Å². The van der Waals surface area contributed by atoms with Gasteiger partial charge in [-0.05, 0) is 55.2 Å². The van der Waals surface area contributed by atoms with Crippen molar-refractivity contribution in [3.8, 4) is 0 Å². The first-order valence-electron chi connectivity index (χ1n) is 10.1. The highest BCUT2D eigenvalue weighted by Gasteiger charge is 2.34. The Morgan fingerprint density at radius 2 is 1.48 bits per heavy atom. The molecule has 0 aliphatic carbocycles. The van der Waals surface area contributed by atoms with Crippen LogP contribution in [0, 0.1) is 5.92 Å². The monoisotopic (exact) mass is 392 g/mol. The maximum Gasteiger partial charge on any atom is 0.243 e. The average molecular weight is 393 g/mol. The number of nitrogens with zero attached hydrogens (tertiary/aromatic N) is 2. The van der Waals surface area contributed by atoms with Gasteiger partial charge in [0.15, 0.2) is 0 Å². The highest BCUT2D eigenvalue weighted by Crippen LogP contribution is 2.28. The third-order valence-electron chi connectivity index (χ3n) is 5.83. The lowest BCUT2D eigenvalue weighted by Gasteiger charge is -2.35. The van der Waals surface area contributed by atoms with Crippen LogP contribution < -0.4 is 0 Å². The third kappa shape index (κ3) is 4.54. The van der Waals surface area contributed by atoms with Crippen molar-refractivity contribution in [2.24, 2.45) is 5.92 Å². The molecule has 0 N–H and O–H groups in total. The van der Waals surface area contributed by atoms with Gasteiger partial charge in [0, 0.05) is 32.1 Å². The van der Waals surface area contributed by atoms with Crippen molar-refractivity contribution < 1.29 is 13.2 Å². The molecule has 0 aromatic heterocycles. The SMILES string of the molecule is CC(C)(C)c1ccc(S(=O)(=O)N2CCC(C(=O)N3CCCCC3)CC2)cc1. The number of sulfonamides is 1. The molecule has 0 bridgehead atoms. The zero-order chi connectivity index (χ0) is 19.7. The van der Waals surface area contributed by atoms with Crippen LogP contribution in [0.1, 0.15) is 58.4 Å². The number of benzene rings is 1. The summed E-state index contributed by atoms with van der Waals surface area (Å²) >= 11 is 0. The van der Waals surface area contributed by atoms with Crippen LogP contribution in [-0.2, 0) is 20.2 Å². The van der Waals surface area contributed by atoms with Crippen LogP contribution in [0.4, 0.5) is 0 Å². The van der Waals surface area contributed by atoms with E-state index < -0.39 is 10.0 Å². The van der Waals surface area contributed by atoms with Gasteiger partial charge in [0.25, 0.3) is 0 Å². The maximum atomic E-state index is 13.0. The number of carbonyl (C=O) groups is 1. The first-order chi connectivity index (χ1) is 12.7. The molecule has 0 unspecified atom stereocenters. The Balaban J connectivity index is 1.63. The van der Waals surface area contributed by atoms with Gasteiger partial charge in [0.05, 0.1) is 4.90 Å². The predicted octanol–water partition coefficient (Wildman–Crippen LogP) is 3.40. The molecule has 3 rings (SSSR count). The van der Waals surface area contributed by atoms with E-state index in [-0.39, 0.29) is 17.2 Å². The van der Waals surface area contributed by atoms with Gasteiger partial charge >= 0.3 is 0 Å². The van der Waals surface area contributed by atoms with Gasteiger partial charge in [-0.25, -0.2) is 8.42 Å². The van der Waals surface area contributed by atoms with E-state index in [4.69, 9.17) is 0 Å². The largest absolute Gasteiger partial charge is 0.342 e. The van der Waals surface area contributed by atoms with Gasteiger partial charge in [0.2, 0.25) is 15.9 Å². The van der Waals surface area contributed by atoms with Crippen molar-refractivity contribution in [1.82, 2.24) is 9.21 Å².